The first kappa shape index (κ1) is 16.3. The van der Waals surface area contributed by atoms with Gasteiger partial charge in [-0.05, 0) is 26.0 Å². The van der Waals surface area contributed by atoms with Crippen LogP contribution in [0.3, 0.4) is 0 Å². The van der Waals surface area contributed by atoms with Gasteiger partial charge in [-0.3, -0.25) is 0 Å². The van der Waals surface area contributed by atoms with Gasteiger partial charge in [0, 0.05) is 24.1 Å². The molecule has 0 aliphatic rings. The second kappa shape index (κ2) is 7.31. The van der Waals surface area contributed by atoms with E-state index in [1.165, 1.54) is 11.8 Å². The van der Waals surface area contributed by atoms with Gasteiger partial charge in [-0.1, -0.05) is 22.1 Å². The molecule has 0 atom stereocenters. The van der Waals surface area contributed by atoms with Crippen LogP contribution in [0.2, 0.25) is 0 Å². The molecule has 7 nitrogen and oxygen atoms in total. The molecule has 3 aromatic heterocycles. The number of pyridine rings is 1. The first-order valence-electron chi connectivity index (χ1n) is 7.21. The summed E-state index contributed by atoms with van der Waals surface area (Å²) in [6, 6.07) is 6.95. The van der Waals surface area contributed by atoms with Crippen LogP contribution < -0.4 is 0 Å². The van der Waals surface area contributed by atoms with Crippen LogP contribution in [0.4, 0.5) is 0 Å². The van der Waals surface area contributed by atoms with Crippen molar-refractivity contribution < 1.29 is 18.6 Å². The fourth-order valence-corrected chi connectivity index (χ4v) is 2.86. The predicted molar refractivity (Wildman–Crippen MR) is 85.4 cm³/mol. The Morgan fingerprint density at radius 3 is 2.54 bits per heavy atom. The van der Waals surface area contributed by atoms with E-state index in [2.05, 4.69) is 15.3 Å². The van der Waals surface area contributed by atoms with Gasteiger partial charge < -0.3 is 13.8 Å². The van der Waals surface area contributed by atoms with Crippen molar-refractivity contribution in [2.24, 2.45) is 0 Å². The van der Waals surface area contributed by atoms with Crippen molar-refractivity contribution in [3.8, 4) is 0 Å². The molecular weight excluding hydrogens is 330 g/mol. The van der Waals surface area contributed by atoms with Crippen LogP contribution in [0.1, 0.15) is 33.3 Å². The number of carbonyl (C=O) groups excluding carboxylic acids is 1. The third-order valence-corrected chi connectivity index (χ3v) is 4.09. The minimum absolute atomic E-state index is 0.0532. The lowest BCUT2D eigenvalue weighted by Crippen LogP contribution is -2.07. The van der Waals surface area contributed by atoms with E-state index in [0.29, 0.717) is 27.8 Å². The summed E-state index contributed by atoms with van der Waals surface area (Å²) in [6.07, 6.45) is 1.63. The summed E-state index contributed by atoms with van der Waals surface area (Å²) >= 11 is 1.40. The Hall–Kier alpha value is -2.61. The van der Waals surface area contributed by atoms with Crippen LogP contribution >= 0.6 is 11.8 Å². The summed E-state index contributed by atoms with van der Waals surface area (Å²) in [4.78, 5) is 16.5. The van der Waals surface area contributed by atoms with E-state index in [9.17, 15) is 4.79 Å². The molecule has 0 unspecified atom stereocenters. The Labute approximate surface area is 142 Å². The molecule has 0 saturated carbocycles. The van der Waals surface area contributed by atoms with E-state index in [1.807, 2.05) is 13.0 Å². The van der Waals surface area contributed by atoms with E-state index in [4.69, 9.17) is 13.8 Å². The van der Waals surface area contributed by atoms with Gasteiger partial charge in [0.1, 0.15) is 28.8 Å². The number of ether oxygens (including phenoxy) is 1. The van der Waals surface area contributed by atoms with Gasteiger partial charge in [0.05, 0.1) is 11.3 Å². The molecule has 0 amide bonds. The van der Waals surface area contributed by atoms with E-state index in [-0.39, 0.29) is 6.61 Å². The molecular formula is C16H15N3O4S. The lowest BCUT2D eigenvalue weighted by Gasteiger charge is -2.06. The average Bonchev–Trinajstić information content (AvgIpc) is 3.19. The number of hydrogen-bond donors (Lipinski definition) is 0. The van der Waals surface area contributed by atoms with Gasteiger partial charge >= 0.3 is 5.97 Å². The van der Waals surface area contributed by atoms with E-state index >= 15 is 0 Å². The Morgan fingerprint density at radius 2 is 1.88 bits per heavy atom. The zero-order valence-electron chi connectivity index (χ0n) is 13.2. The number of rotatable bonds is 6. The maximum Gasteiger partial charge on any atom is 0.341 e. The highest BCUT2D eigenvalue weighted by atomic mass is 32.2. The minimum Gasteiger partial charge on any atom is -0.455 e. The maximum absolute atomic E-state index is 12.3. The second-order valence-electron chi connectivity index (χ2n) is 5.08. The third kappa shape index (κ3) is 4.02. The van der Waals surface area contributed by atoms with E-state index in [1.54, 1.807) is 31.3 Å². The quantitative estimate of drug-likeness (QED) is 0.496. The Balaban J connectivity index is 1.65. The molecule has 0 aromatic carbocycles. The zero-order chi connectivity index (χ0) is 16.9. The topological polar surface area (TPSA) is 91.2 Å². The van der Waals surface area contributed by atoms with Gasteiger partial charge in [-0.2, -0.15) is 0 Å². The van der Waals surface area contributed by atoms with Crippen LogP contribution in [0.25, 0.3) is 0 Å². The van der Waals surface area contributed by atoms with Gasteiger partial charge in [-0.25, -0.2) is 9.78 Å². The van der Waals surface area contributed by atoms with Crippen LogP contribution in [0.15, 0.2) is 44.5 Å². The smallest absolute Gasteiger partial charge is 0.341 e. The molecule has 0 spiro atoms. The zero-order valence-corrected chi connectivity index (χ0v) is 14.0. The monoisotopic (exact) mass is 345 g/mol. The molecule has 0 aliphatic carbocycles. The number of thioether (sulfide) groups is 1. The fourth-order valence-electron chi connectivity index (χ4n) is 1.99. The summed E-state index contributed by atoms with van der Waals surface area (Å²) < 4.78 is 15.2. The molecule has 0 radical (unpaired) electrons. The number of hydrogen-bond acceptors (Lipinski definition) is 8. The van der Waals surface area contributed by atoms with Crippen molar-refractivity contribution in [2.45, 2.75) is 31.2 Å². The average molecular weight is 345 g/mol. The third-order valence-electron chi connectivity index (χ3n) is 3.05. The lowest BCUT2D eigenvalue weighted by atomic mass is 10.3. The Morgan fingerprint density at radius 1 is 1.17 bits per heavy atom. The van der Waals surface area contributed by atoms with Crippen molar-refractivity contribution in [3.63, 3.8) is 0 Å². The Bertz CT molecular complexity index is 843. The molecule has 24 heavy (non-hydrogen) atoms. The summed E-state index contributed by atoms with van der Waals surface area (Å²) in [6.45, 7) is 3.66. The predicted octanol–water partition coefficient (Wildman–Crippen LogP) is 3.32. The summed E-state index contributed by atoms with van der Waals surface area (Å²) in [5, 5.41) is 8.30. The van der Waals surface area contributed by atoms with E-state index in [0.717, 1.165) is 11.5 Å². The van der Waals surface area contributed by atoms with Crippen LogP contribution in [-0.4, -0.2) is 21.3 Å². The number of aryl methyl sites for hydroxylation is 2. The second-order valence-corrected chi connectivity index (χ2v) is 6.04. The van der Waals surface area contributed by atoms with Crippen LogP contribution in [0.5, 0.6) is 0 Å². The van der Waals surface area contributed by atoms with Crippen molar-refractivity contribution in [2.75, 3.05) is 0 Å². The number of carbonyl (C=O) groups is 1. The number of nitrogens with zero attached hydrogens (tertiary/aromatic N) is 3. The van der Waals surface area contributed by atoms with Crippen molar-refractivity contribution in [3.05, 3.63) is 58.9 Å². The molecule has 0 fully saturated rings. The molecule has 124 valence electrons. The van der Waals surface area contributed by atoms with Crippen molar-refractivity contribution >= 4 is 17.7 Å². The standard InChI is InChI=1S/C16H15N3O4S/c1-10-6-12(18-22-10)8-21-16(20)14-4-3-5-17-15(14)24-9-13-7-11(2)23-19-13/h3-7H,8-9H2,1-2H3. The first-order chi connectivity index (χ1) is 11.6. The van der Waals surface area contributed by atoms with Crippen LogP contribution in [0, 0.1) is 13.8 Å². The molecule has 8 heteroatoms. The highest BCUT2D eigenvalue weighted by molar-refractivity contribution is 7.98. The highest BCUT2D eigenvalue weighted by Crippen LogP contribution is 2.24. The SMILES string of the molecule is Cc1cc(COC(=O)c2cccnc2SCc2cc(C)on2)no1. The summed E-state index contributed by atoms with van der Waals surface area (Å²) in [5.41, 5.74) is 1.76. The van der Waals surface area contributed by atoms with Gasteiger partial charge in [-0.15, -0.1) is 0 Å². The number of esters is 1. The fraction of sp³-hybridized carbons (Fsp3) is 0.250. The molecule has 0 bridgehead atoms. The summed E-state index contributed by atoms with van der Waals surface area (Å²) in [5.74, 6) is 1.51. The molecule has 0 saturated heterocycles. The maximum atomic E-state index is 12.3. The van der Waals surface area contributed by atoms with Crippen LogP contribution in [-0.2, 0) is 17.1 Å². The van der Waals surface area contributed by atoms with Crippen molar-refractivity contribution in [1.82, 2.24) is 15.3 Å². The largest absolute Gasteiger partial charge is 0.455 e. The highest BCUT2D eigenvalue weighted by Gasteiger charge is 2.16. The molecule has 3 aromatic rings. The van der Waals surface area contributed by atoms with Gasteiger partial charge in [0.15, 0.2) is 0 Å². The minimum atomic E-state index is -0.456. The molecule has 3 heterocycles. The molecule has 0 N–H and O–H groups in total. The lowest BCUT2D eigenvalue weighted by molar-refractivity contribution is 0.0459. The molecule has 3 rings (SSSR count). The number of aromatic nitrogens is 3. The van der Waals surface area contributed by atoms with Crippen molar-refractivity contribution in [1.29, 1.82) is 0 Å². The van der Waals surface area contributed by atoms with Gasteiger partial charge in [0.25, 0.3) is 0 Å². The van der Waals surface area contributed by atoms with Gasteiger partial charge in [0.2, 0.25) is 0 Å². The Kier molecular flexibility index (Phi) is 4.95. The normalized spacial score (nSPS) is 10.8. The molecule has 0 aliphatic heterocycles. The first-order valence-corrected chi connectivity index (χ1v) is 8.19. The van der Waals surface area contributed by atoms with E-state index < -0.39 is 5.97 Å². The summed E-state index contributed by atoms with van der Waals surface area (Å²) in [7, 11) is 0.